The van der Waals surface area contributed by atoms with Crippen LogP contribution in [-0.2, 0) is 24.3 Å². The Bertz CT molecular complexity index is 4270. The number of nitrogens with zero attached hydrogens (tertiary/aromatic N) is 5. The molecule has 1 amide bonds. The van der Waals surface area contributed by atoms with Gasteiger partial charge in [-0.3, -0.25) is 19.9 Å². The van der Waals surface area contributed by atoms with Crippen LogP contribution < -0.4 is 15.7 Å². The number of phenols is 2. The second-order valence-electron chi connectivity index (χ2n) is 19.7. The van der Waals surface area contributed by atoms with Crippen LogP contribution in [-0.4, -0.2) is 21.9 Å². The van der Waals surface area contributed by atoms with Gasteiger partial charge in [0.25, 0.3) is 5.91 Å². The normalized spacial score (nSPS) is 11.9. The summed E-state index contributed by atoms with van der Waals surface area (Å²) in [4.78, 5) is 36.0. The number of carbonyl (C=O) groups excluding carboxylic acids is 2. The first-order valence-corrected chi connectivity index (χ1v) is 26.7. The lowest BCUT2D eigenvalue weighted by molar-refractivity contribution is 0.102. The Morgan fingerprint density at radius 1 is 0.531 bits per heavy atom. The molecule has 1 aliphatic rings. The van der Waals surface area contributed by atoms with Crippen LogP contribution in [0.2, 0.25) is 5.02 Å². The molecule has 0 heterocycles. The van der Waals surface area contributed by atoms with E-state index < -0.39 is 5.91 Å². The van der Waals surface area contributed by atoms with Gasteiger partial charge in [-0.2, -0.15) is 10.2 Å². The summed E-state index contributed by atoms with van der Waals surface area (Å²) in [5, 5.41) is 47.4. The molecule has 0 saturated heterocycles. The summed E-state index contributed by atoms with van der Waals surface area (Å²) >= 11 is 6.27. The summed E-state index contributed by atoms with van der Waals surface area (Å²) in [6, 6.07) is 71.2. The van der Waals surface area contributed by atoms with E-state index in [0.717, 1.165) is 52.0 Å². The molecule has 0 radical (unpaired) electrons. The highest BCUT2D eigenvalue weighted by Crippen LogP contribution is 2.44. The number of para-hydroxylation sites is 2. The van der Waals surface area contributed by atoms with Gasteiger partial charge >= 0.3 is 0 Å². The molecule has 0 fully saturated rings. The van der Waals surface area contributed by atoms with Crippen molar-refractivity contribution < 1.29 is 24.6 Å². The standard InChI is InChI=1S/C68H50ClN7O5/c1-42-19-31-52(32-20-42)76(51-13-3-2-4-14-51)53-33-25-44(26-34-53)22-21-43-23-27-48(28-24-43)70-68(80)60-38-46-12-6-8-16-55(46)64(67(60)79)74-72-50-30-36-57-56-35-29-49(39-58(56)66(78)59(57)40-50)71-73-63-54-15-7-5-11-45(54)37-47(65(63)77)41-81-75-62-18-10-9-17-61(62)69/h2-20,23-40,75,77,79H,21-22,41H2,1H3,(H,70,80). The number of anilines is 5. The molecule has 4 N–H and O–H groups in total. The summed E-state index contributed by atoms with van der Waals surface area (Å²) < 4.78 is 0. The molecule has 13 heteroatoms. The van der Waals surface area contributed by atoms with E-state index in [1.165, 1.54) is 11.1 Å². The van der Waals surface area contributed by atoms with Gasteiger partial charge in [-0.05, 0) is 150 Å². The van der Waals surface area contributed by atoms with Crippen molar-refractivity contribution in [3.8, 4) is 22.6 Å². The van der Waals surface area contributed by atoms with Gasteiger partial charge in [0.15, 0.2) is 11.5 Å². The van der Waals surface area contributed by atoms with E-state index >= 15 is 0 Å². The van der Waals surface area contributed by atoms with Crippen molar-refractivity contribution in [3.63, 3.8) is 0 Å². The van der Waals surface area contributed by atoms with Gasteiger partial charge in [0.2, 0.25) is 0 Å². The van der Waals surface area contributed by atoms with E-state index in [9.17, 15) is 19.8 Å². The van der Waals surface area contributed by atoms with Gasteiger partial charge in [0.1, 0.15) is 23.7 Å². The molecule has 0 bridgehead atoms. The number of carbonyl (C=O) groups is 2. The molecular formula is C68H50ClN7O5. The van der Waals surface area contributed by atoms with Crippen molar-refractivity contribution in [2.45, 2.75) is 26.4 Å². The summed E-state index contributed by atoms with van der Waals surface area (Å²) in [6.45, 7) is 2.09. The fourth-order valence-electron chi connectivity index (χ4n) is 10.1. The zero-order valence-corrected chi connectivity index (χ0v) is 44.5. The lowest BCUT2D eigenvalue weighted by Crippen LogP contribution is -2.12. The van der Waals surface area contributed by atoms with Crippen LogP contribution in [0, 0.1) is 6.92 Å². The fourth-order valence-corrected chi connectivity index (χ4v) is 10.3. The van der Waals surface area contributed by atoms with Gasteiger partial charge in [0, 0.05) is 50.2 Å². The van der Waals surface area contributed by atoms with E-state index in [1.807, 2.05) is 103 Å². The monoisotopic (exact) mass is 1080 g/mol. The van der Waals surface area contributed by atoms with Gasteiger partial charge in [-0.25, -0.2) is 0 Å². The first kappa shape index (κ1) is 51.5. The second kappa shape index (κ2) is 22.6. The topological polar surface area (TPSA) is 161 Å². The molecule has 12 nitrogen and oxygen atoms in total. The van der Waals surface area contributed by atoms with Crippen molar-refractivity contribution in [2.75, 3.05) is 15.7 Å². The molecule has 0 aromatic heterocycles. The van der Waals surface area contributed by atoms with Crippen molar-refractivity contribution >= 4 is 96.0 Å². The van der Waals surface area contributed by atoms with E-state index in [0.29, 0.717) is 60.6 Å². The van der Waals surface area contributed by atoms with Crippen molar-refractivity contribution in [1.82, 2.24) is 0 Å². The molecule has 0 aliphatic heterocycles. The number of phenolic OH excluding ortho intramolecular Hbond substituents is 2. The minimum Gasteiger partial charge on any atom is -0.505 e. The largest absolute Gasteiger partial charge is 0.505 e. The molecule has 0 atom stereocenters. The highest BCUT2D eigenvalue weighted by atomic mass is 35.5. The molecule has 11 aromatic rings. The van der Waals surface area contributed by atoms with Crippen LogP contribution >= 0.6 is 11.6 Å². The minimum absolute atomic E-state index is 0.0000817. The van der Waals surface area contributed by atoms with E-state index in [-0.39, 0.29) is 40.8 Å². The number of aryl methyl sites for hydroxylation is 3. The molecule has 81 heavy (non-hydrogen) atoms. The Morgan fingerprint density at radius 2 is 1.05 bits per heavy atom. The molecule has 0 spiro atoms. The summed E-state index contributed by atoms with van der Waals surface area (Å²) in [7, 11) is 0. The number of azo groups is 2. The maximum absolute atomic E-state index is 14.1. The molecule has 0 saturated carbocycles. The van der Waals surface area contributed by atoms with Crippen molar-refractivity contribution in [2.24, 2.45) is 20.5 Å². The van der Waals surface area contributed by atoms with Crippen LogP contribution in [0.15, 0.2) is 245 Å². The van der Waals surface area contributed by atoms with Crippen molar-refractivity contribution in [1.29, 1.82) is 0 Å². The number of hydrogen-bond acceptors (Lipinski definition) is 11. The molecule has 394 valence electrons. The number of halogens is 1. The number of ketones is 1. The highest BCUT2D eigenvalue weighted by molar-refractivity contribution is 6.33. The van der Waals surface area contributed by atoms with E-state index in [2.05, 4.69) is 116 Å². The van der Waals surface area contributed by atoms with Crippen LogP contribution in [0.3, 0.4) is 0 Å². The number of aromatic hydroxyl groups is 2. The van der Waals surface area contributed by atoms with Gasteiger partial charge in [0.05, 0.1) is 27.6 Å². The third-order valence-corrected chi connectivity index (χ3v) is 14.7. The van der Waals surface area contributed by atoms with Crippen LogP contribution in [0.4, 0.5) is 51.2 Å². The van der Waals surface area contributed by atoms with Crippen LogP contribution in [0.25, 0.3) is 32.7 Å². The number of amides is 1. The van der Waals surface area contributed by atoms with E-state index in [1.54, 1.807) is 48.5 Å². The van der Waals surface area contributed by atoms with Crippen LogP contribution in [0.5, 0.6) is 11.5 Å². The Balaban J connectivity index is 0.717. The summed E-state index contributed by atoms with van der Waals surface area (Å²) in [5.74, 6) is -1.17. The smallest absolute Gasteiger partial charge is 0.259 e. The Morgan fingerprint density at radius 3 is 1.67 bits per heavy atom. The van der Waals surface area contributed by atoms with E-state index in [4.69, 9.17) is 16.4 Å². The predicted molar refractivity (Wildman–Crippen MR) is 322 cm³/mol. The Hall–Kier alpha value is -10.3. The number of nitrogens with one attached hydrogen (secondary N) is 2. The number of rotatable bonds is 16. The average Bonchev–Trinajstić information content (AvgIpc) is 3.79. The Labute approximate surface area is 471 Å². The maximum Gasteiger partial charge on any atom is 0.259 e. The third-order valence-electron chi connectivity index (χ3n) is 14.3. The summed E-state index contributed by atoms with van der Waals surface area (Å²) in [5.41, 5.74) is 14.7. The quantitative estimate of drug-likeness (QED) is 0.0553. The maximum atomic E-state index is 14.1. The molecule has 12 rings (SSSR count). The van der Waals surface area contributed by atoms with Gasteiger partial charge < -0.3 is 20.4 Å². The lowest BCUT2D eigenvalue weighted by Gasteiger charge is -2.25. The average molecular weight is 1080 g/mol. The molecular weight excluding hydrogens is 1030 g/mol. The number of hydrogen-bond donors (Lipinski definition) is 4. The molecule has 0 unspecified atom stereocenters. The first-order valence-electron chi connectivity index (χ1n) is 26.3. The fraction of sp³-hybridized carbons (Fsp3) is 0.0588. The van der Waals surface area contributed by atoms with Crippen LogP contribution in [0.1, 0.15) is 48.5 Å². The zero-order chi connectivity index (χ0) is 55.4. The number of fused-ring (bicyclic) bond motifs is 5. The highest BCUT2D eigenvalue weighted by Gasteiger charge is 2.28. The minimum atomic E-state index is -0.510. The predicted octanol–water partition coefficient (Wildman–Crippen LogP) is 18.5. The first-order chi connectivity index (χ1) is 39.6. The van der Waals surface area contributed by atoms with Gasteiger partial charge in [-0.1, -0.05) is 145 Å². The third kappa shape index (κ3) is 10.8. The SMILES string of the molecule is Cc1ccc(N(c2ccccc2)c2ccc(CCc3ccc(NC(=O)c4cc5ccccc5c(N=Nc5ccc6c(c5)C(=O)c5cc(N=Nc7c(O)c(CONc8ccccc8Cl)cc8ccccc78)ccc5-6)c4O)cc3)cc2)cc1. The Kier molecular flexibility index (Phi) is 14.4. The zero-order valence-electron chi connectivity index (χ0n) is 43.7. The molecule has 1 aliphatic carbocycles. The summed E-state index contributed by atoms with van der Waals surface area (Å²) in [6.07, 6.45) is 1.64. The second-order valence-corrected chi connectivity index (χ2v) is 20.1. The van der Waals surface area contributed by atoms with Crippen molar-refractivity contribution in [3.05, 3.63) is 268 Å². The number of benzene rings is 11. The lowest BCUT2D eigenvalue weighted by atomic mass is 10.0. The molecule has 11 aromatic carbocycles. The van der Waals surface area contributed by atoms with Gasteiger partial charge in [-0.15, -0.1) is 10.2 Å².